The van der Waals surface area contributed by atoms with E-state index in [1.807, 2.05) is 30.3 Å². The van der Waals surface area contributed by atoms with Crippen LogP contribution in [0.4, 0.5) is 23.8 Å². The molecule has 2 heterocycles. The lowest BCUT2D eigenvalue weighted by molar-refractivity contribution is -0.192. The maximum absolute atomic E-state index is 12.5. The SMILES string of the molecule is C[C@@H](NC(=O)N1C(=O)[C@H](Cc2ccnc(N)c2)[C@H]1C(=O)O)c1ccccc1.O=C(O)C(F)(F)F. The van der Waals surface area contributed by atoms with Crippen molar-refractivity contribution in [3.05, 3.63) is 59.8 Å². The van der Waals surface area contributed by atoms with Gasteiger partial charge in [0.1, 0.15) is 5.82 Å². The Kier molecular flexibility index (Phi) is 8.16. The normalized spacial score (nSPS) is 18.1. The van der Waals surface area contributed by atoms with Gasteiger partial charge in [-0.25, -0.2) is 24.3 Å². The zero-order chi connectivity index (χ0) is 25.6. The van der Waals surface area contributed by atoms with Gasteiger partial charge < -0.3 is 21.3 Å². The number of carboxylic acids is 2. The van der Waals surface area contributed by atoms with Gasteiger partial charge in [0, 0.05) is 6.20 Å². The van der Waals surface area contributed by atoms with Gasteiger partial charge in [0.05, 0.1) is 12.0 Å². The Hall–Kier alpha value is -4.16. The number of amides is 3. The average Bonchev–Trinajstić information content (AvgIpc) is 2.75. The second-order valence-corrected chi connectivity index (χ2v) is 7.28. The van der Waals surface area contributed by atoms with Gasteiger partial charge in [0.15, 0.2) is 6.04 Å². The number of β-lactam (4-membered cyclic amide) rings is 1. The summed E-state index contributed by atoms with van der Waals surface area (Å²) in [6, 6.07) is 10.2. The number of likely N-dealkylation sites (tertiary alicyclic amines) is 1. The summed E-state index contributed by atoms with van der Waals surface area (Å²) in [5.74, 6) is -5.02. The van der Waals surface area contributed by atoms with Gasteiger partial charge in [-0.15, -0.1) is 0 Å². The maximum Gasteiger partial charge on any atom is 0.490 e. The molecule has 1 aliphatic rings. The number of carbonyl (C=O) groups is 4. The molecule has 3 atom stereocenters. The maximum atomic E-state index is 12.5. The Bertz CT molecular complexity index is 1060. The van der Waals surface area contributed by atoms with E-state index >= 15 is 0 Å². The molecule has 5 N–H and O–H groups in total. The highest BCUT2D eigenvalue weighted by molar-refractivity contribution is 6.07. The first kappa shape index (κ1) is 26.1. The minimum atomic E-state index is -5.08. The van der Waals surface area contributed by atoms with E-state index in [-0.39, 0.29) is 18.3 Å². The number of nitrogens with two attached hydrogens (primary N) is 1. The van der Waals surface area contributed by atoms with Gasteiger partial charge in [-0.2, -0.15) is 13.2 Å². The van der Waals surface area contributed by atoms with Crippen LogP contribution >= 0.6 is 0 Å². The van der Waals surface area contributed by atoms with Gasteiger partial charge in [-0.05, 0) is 36.6 Å². The predicted octanol–water partition coefficient (Wildman–Crippen LogP) is 2.22. The van der Waals surface area contributed by atoms with E-state index in [1.165, 1.54) is 6.20 Å². The van der Waals surface area contributed by atoms with Crippen LogP contribution < -0.4 is 11.1 Å². The standard InChI is InChI=1S/C19H20N4O4.C2HF3O2/c1-11(13-5-3-2-4-6-13)22-19(27)23-16(18(25)26)14(17(23)24)9-12-7-8-21-15(20)10-12;3-2(4,5)1(6)7/h2-8,10-11,14,16H,9H2,1H3,(H2,20,21)(H,22,27)(H,25,26);(H,6,7)/t11-,14-,16+;/m1./s1. The summed E-state index contributed by atoms with van der Waals surface area (Å²) < 4.78 is 31.7. The number of benzene rings is 1. The van der Waals surface area contributed by atoms with Crippen molar-refractivity contribution < 1.29 is 42.6 Å². The lowest BCUT2D eigenvalue weighted by Gasteiger charge is -2.43. The molecule has 1 saturated heterocycles. The summed E-state index contributed by atoms with van der Waals surface area (Å²) in [4.78, 5) is 50.2. The van der Waals surface area contributed by atoms with Crippen LogP contribution in [-0.4, -0.2) is 56.2 Å². The first-order valence-electron chi connectivity index (χ1n) is 9.74. The summed E-state index contributed by atoms with van der Waals surface area (Å²) >= 11 is 0. The van der Waals surface area contributed by atoms with Crippen molar-refractivity contribution in [3.63, 3.8) is 0 Å². The Morgan fingerprint density at radius 3 is 2.26 bits per heavy atom. The zero-order valence-corrected chi connectivity index (χ0v) is 17.7. The lowest BCUT2D eigenvalue weighted by Crippen LogP contribution is -2.68. The number of alkyl halides is 3. The highest BCUT2D eigenvalue weighted by Gasteiger charge is 2.54. The monoisotopic (exact) mass is 482 g/mol. The number of aromatic nitrogens is 1. The number of pyridine rings is 1. The molecule has 1 aromatic heterocycles. The van der Waals surface area contributed by atoms with Gasteiger partial charge in [-0.1, -0.05) is 30.3 Å². The van der Waals surface area contributed by atoms with Crippen molar-refractivity contribution in [3.8, 4) is 0 Å². The molecule has 0 spiro atoms. The third kappa shape index (κ3) is 6.43. The van der Waals surface area contributed by atoms with Crippen molar-refractivity contribution in [2.75, 3.05) is 5.73 Å². The first-order valence-corrected chi connectivity index (χ1v) is 9.74. The Morgan fingerprint density at radius 2 is 1.76 bits per heavy atom. The van der Waals surface area contributed by atoms with E-state index in [2.05, 4.69) is 10.3 Å². The van der Waals surface area contributed by atoms with Crippen LogP contribution in [0.3, 0.4) is 0 Å². The van der Waals surface area contributed by atoms with Crippen molar-refractivity contribution >= 4 is 29.7 Å². The summed E-state index contributed by atoms with van der Waals surface area (Å²) in [5.41, 5.74) is 7.18. The third-order valence-electron chi connectivity index (χ3n) is 4.87. The fourth-order valence-electron chi connectivity index (χ4n) is 3.21. The molecule has 13 heteroatoms. The molecule has 34 heavy (non-hydrogen) atoms. The van der Waals surface area contributed by atoms with Crippen LogP contribution in [0, 0.1) is 5.92 Å². The minimum Gasteiger partial charge on any atom is -0.480 e. The van der Waals surface area contributed by atoms with Crippen molar-refractivity contribution in [2.24, 2.45) is 5.92 Å². The molecule has 2 aromatic rings. The zero-order valence-electron chi connectivity index (χ0n) is 17.7. The second-order valence-electron chi connectivity index (χ2n) is 7.28. The van der Waals surface area contributed by atoms with Gasteiger partial charge in [0.25, 0.3) is 0 Å². The van der Waals surface area contributed by atoms with Crippen molar-refractivity contribution in [2.45, 2.75) is 31.6 Å². The summed E-state index contributed by atoms with van der Waals surface area (Å²) in [6.07, 6.45) is -3.41. The van der Waals surface area contributed by atoms with Crippen LogP contribution in [0.25, 0.3) is 0 Å². The van der Waals surface area contributed by atoms with E-state index in [1.54, 1.807) is 19.1 Å². The Morgan fingerprint density at radius 1 is 1.18 bits per heavy atom. The summed E-state index contributed by atoms with van der Waals surface area (Å²) in [7, 11) is 0. The number of nitrogens with one attached hydrogen (secondary N) is 1. The van der Waals surface area contributed by atoms with E-state index in [0.717, 1.165) is 10.5 Å². The number of imide groups is 1. The van der Waals surface area contributed by atoms with E-state index in [0.29, 0.717) is 5.56 Å². The number of urea groups is 1. The quantitative estimate of drug-likeness (QED) is 0.472. The average molecular weight is 482 g/mol. The van der Waals surface area contributed by atoms with Gasteiger partial charge in [0.2, 0.25) is 5.91 Å². The third-order valence-corrected chi connectivity index (χ3v) is 4.87. The molecule has 3 rings (SSSR count). The molecular formula is C21H21F3N4O6. The molecule has 10 nitrogen and oxygen atoms in total. The van der Waals surface area contributed by atoms with Crippen molar-refractivity contribution in [1.82, 2.24) is 15.2 Å². The summed E-state index contributed by atoms with van der Waals surface area (Å²) in [5, 5.41) is 19.3. The number of hydrogen-bond donors (Lipinski definition) is 4. The number of halogens is 3. The smallest absolute Gasteiger partial charge is 0.480 e. The van der Waals surface area contributed by atoms with Crippen LogP contribution in [0.2, 0.25) is 0 Å². The molecule has 0 bridgehead atoms. The van der Waals surface area contributed by atoms with E-state index in [9.17, 15) is 32.7 Å². The fraction of sp³-hybridized carbons (Fsp3) is 0.286. The van der Waals surface area contributed by atoms with E-state index < -0.39 is 42.0 Å². The van der Waals surface area contributed by atoms with Crippen LogP contribution in [0.1, 0.15) is 24.1 Å². The largest absolute Gasteiger partial charge is 0.490 e. The molecule has 0 aliphatic carbocycles. The number of hydrogen-bond acceptors (Lipinski definition) is 6. The first-order chi connectivity index (χ1) is 15.8. The number of carboxylic acid groups (broad SMARTS) is 2. The molecule has 1 aliphatic heterocycles. The number of anilines is 1. The predicted molar refractivity (Wildman–Crippen MR) is 111 cm³/mol. The number of nitrogens with zero attached hydrogens (tertiary/aromatic N) is 2. The topological polar surface area (TPSA) is 163 Å². The number of aliphatic carboxylic acids is 2. The fourth-order valence-corrected chi connectivity index (χ4v) is 3.21. The molecule has 1 fully saturated rings. The molecule has 3 amide bonds. The lowest BCUT2D eigenvalue weighted by atomic mass is 9.82. The molecule has 1 aromatic carbocycles. The second kappa shape index (κ2) is 10.6. The van der Waals surface area contributed by atoms with Crippen LogP contribution in [0.15, 0.2) is 48.7 Å². The van der Waals surface area contributed by atoms with E-state index in [4.69, 9.17) is 15.6 Å². The Balaban J connectivity index is 0.000000509. The number of rotatable bonds is 5. The van der Waals surface area contributed by atoms with Gasteiger partial charge >= 0.3 is 24.1 Å². The van der Waals surface area contributed by atoms with Crippen molar-refractivity contribution in [1.29, 1.82) is 0 Å². The molecule has 0 unspecified atom stereocenters. The van der Waals surface area contributed by atoms with Gasteiger partial charge in [-0.3, -0.25) is 4.79 Å². The number of carbonyl (C=O) groups excluding carboxylic acids is 2. The minimum absolute atomic E-state index is 0.181. The molecule has 182 valence electrons. The molecular weight excluding hydrogens is 461 g/mol. The molecule has 0 radical (unpaired) electrons. The highest BCUT2D eigenvalue weighted by atomic mass is 19.4. The molecule has 0 saturated carbocycles. The highest BCUT2D eigenvalue weighted by Crippen LogP contribution is 2.31. The number of nitrogen functional groups attached to an aromatic ring is 1. The Labute approximate surface area is 191 Å². The van der Waals surface area contributed by atoms with Crippen LogP contribution in [-0.2, 0) is 20.8 Å². The summed E-state index contributed by atoms with van der Waals surface area (Å²) in [6.45, 7) is 1.77. The van der Waals surface area contributed by atoms with Crippen LogP contribution in [0.5, 0.6) is 0 Å².